The van der Waals surface area contributed by atoms with Crippen molar-refractivity contribution in [3.8, 4) is 17.2 Å². The minimum atomic E-state index is -4.82. The van der Waals surface area contributed by atoms with Crippen molar-refractivity contribution in [1.82, 2.24) is 10.3 Å². The zero-order valence-corrected chi connectivity index (χ0v) is 18.9. The zero-order chi connectivity index (χ0) is 25.9. The molecule has 0 unspecified atom stereocenters. The first-order valence-corrected chi connectivity index (χ1v) is 11.4. The lowest BCUT2D eigenvalue weighted by Gasteiger charge is -2.19. The fourth-order valence-electron chi connectivity index (χ4n) is 4.70. The van der Waals surface area contributed by atoms with Crippen LogP contribution in [0.25, 0.3) is 0 Å². The Hall–Kier alpha value is -4.35. The summed E-state index contributed by atoms with van der Waals surface area (Å²) in [5.41, 5.74) is 0.126. The molecule has 1 saturated carbocycles. The van der Waals surface area contributed by atoms with E-state index >= 15 is 0 Å². The number of rotatable bonds is 4. The Morgan fingerprint density at radius 1 is 1.14 bits per heavy atom. The summed E-state index contributed by atoms with van der Waals surface area (Å²) in [5.74, 6) is 0.546. The number of hydrogen-bond acceptors (Lipinski definition) is 5. The molecule has 3 aromatic rings. The summed E-state index contributed by atoms with van der Waals surface area (Å²) in [4.78, 5) is 28.2. The number of pyridine rings is 1. The van der Waals surface area contributed by atoms with E-state index in [-0.39, 0.29) is 29.7 Å². The van der Waals surface area contributed by atoms with Gasteiger partial charge in [-0.3, -0.25) is 4.79 Å². The maximum Gasteiger partial charge on any atom is 0.419 e. The standard InChI is InChI=1S/C25H18F4N4O4/c26-16-9-11(1-4-15(16)25(27,28)29)31-24(35)33-21-20-14-10-12(2-5-17(14)37-22(20)21)36-18-7-8-30-23-13(18)3-6-19(34)32-23/h1-2,4-5,7-10,20-22H,3,6H2,(H,30,32,34)(H2,31,33,35)/t20-,21+,22-/m0/s1. The lowest BCUT2D eigenvalue weighted by molar-refractivity contribution is -0.140. The fourth-order valence-corrected chi connectivity index (χ4v) is 4.70. The number of hydrogen-bond donors (Lipinski definition) is 3. The van der Waals surface area contributed by atoms with Crippen molar-refractivity contribution in [1.29, 1.82) is 0 Å². The lowest BCUT2D eigenvalue weighted by Crippen LogP contribution is -2.34. The highest BCUT2D eigenvalue weighted by Gasteiger charge is 2.59. The molecule has 1 fully saturated rings. The third kappa shape index (κ3) is 4.28. The quantitative estimate of drug-likeness (QED) is 0.427. The number of anilines is 2. The van der Waals surface area contributed by atoms with Crippen LogP contribution in [0.15, 0.2) is 48.7 Å². The lowest BCUT2D eigenvalue weighted by atomic mass is 10.1. The minimum Gasteiger partial charge on any atom is -0.487 e. The van der Waals surface area contributed by atoms with Crippen LogP contribution < -0.4 is 25.4 Å². The highest BCUT2D eigenvalue weighted by molar-refractivity contribution is 5.93. The van der Waals surface area contributed by atoms with Crippen LogP contribution in [0.5, 0.6) is 17.2 Å². The van der Waals surface area contributed by atoms with Crippen molar-refractivity contribution in [3.05, 3.63) is 71.2 Å². The van der Waals surface area contributed by atoms with Gasteiger partial charge in [0.05, 0.1) is 17.5 Å². The first kappa shape index (κ1) is 23.1. The molecule has 2 aromatic carbocycles. The number of halogens is 4. The second kappa shape index (κ2) is 8.36. The van der Waals surface area contributed by atoms with E-state index in [1.54, 1.807) is 24.4 Å². The number of carbonyl (C=O) groups is 2. The smallest absolute Gasteiger partial charge is 0.419 e. The van der Waals surface area contributed by atoms with Crippen LogP contribution in [0.2, 0.25) is 0 Å². The van der Waals surface area contributed by atoms with Crippen LogP contribution in [0.4, 0.5) is 33.9 Å². The van der Waals surface area contributed by atoms with Gasteiger partial charge in [-0.25, -0.2) is 14.2 Å². The van der Waals surface area contributed by atoms with Crippen LogP contribution in [0.3, 0.4) is 0 Å². The topological polar surface area (TPSA) is 102 Å². The van der Waals surface area contributed by atoms with Crippen LogP contribution in [-0.2, 0) is 17.4 Å². The van der Waals surface area contributed by atoms with E-state index < -0.39 is 23.6 Å². The summed E-state index contributed by atoms with van der Waals surface area (Å²) >= 11 is 0. The minimum absolute atomic E-state index is 0.0994. The highest BCUT2D eigenvalue weighted by Crippen LogP contribution is 2.54. The average Bonchev–Trinajstić information content (AvgIpc) is 3.34. The summed E-state index contributed by atoms with van der Waals surface area (Å²) in [5, 5.41) is 7.79. The Morgan fingerprint density at radius 3 is 2.76 bits per heavy atom. The Bertz CT molecular complexity index is 1440. The molecule has 37 heavy (non-hydrogen) atoms. The fraction of sp³-hybridized carbons (Fsp3) is 0.240. The van der Waals surface area contributed by atoms with Gasteiger partial charge in [-0.15, -0.1) is 0 Å². The Labute approximate surface area is 207 Å². The van der Waals surface area contributed by atoms with Gasteiger partial charge >= 0.3 is 12.2 Å². The van der Waals surface area contributed by atoms with Gasteiger partial charge in [0.1, 0.15) is 35.0 Å². The van der Waals surface area contributed by atoms with Gasteiger partial charge in [-0.1, -0.05) is 0 Å². The van der Waals surface area contributed by atoms with Crippen LogP contribution in [-0.4, -0.2) is 29.1 Å². The molecule has 1 aliphatic carbocycles. The molecule has 3 amide bonds. The molecule has 8 nitrogen and oxygen atoms in total. The third-order valence-corrected chi connectivity index (χ3v) is 6.49. The van der Waals surface area contributed by atoms with E-state index in [1.807, 2.05) is 6.07 Å². The van der Waals surface area contributed by atoms with E-state index in [9.17, 15) is 27.2 Å². The Balaban J connectivity index is 1.12. The molecule has 1 aromatic heterocycles. The molecule has 3 N–H and O–H groups in total. The van der Waals surface area contributed by atoms with Gasteiger partial charge in [0.2, 0.25) is 5.91 Å². The van der Waals surface area contributed by atoms with Gasteiger partial charge < -0.3 is 25.4 Å². The maximum absolute atomic E-state index is 13.8. The molecular weight excluding hydrogens is 496 g/mol. The molecule has 3 aliphatic rings. The number of aromatic nitrogens is 1. The van der Waals surface area contributed by atoms with Crippen LogP contribution in [0.1, 0.15) is 29.0 Å². The number of fused-ring (bicyclic) bond motifs is 4. The number of alkyl halides is 3. The first-order valence-electron chi connectivity index (χ1n) is 11.4. The average molecular weight is 514 g/mol. The van der Waals surface area contributed by atoms with E-state index in [4.69, 9.17) is 9.47 Å². The Kier molecular flexibility index (Phi) is 5.21. The number of carbonyl (C=O) groups excluding carboxylic acids is 2. The number of benzene rings is 2. The second-order valence-corrected chi connectivity index (χ2v) is 8.91. The zero-order valence-electron chi connectivity index (χ0n) is 18.9. The normalized spacial score (nSPS) is 21.1. The molecule has 2 aliphatic heterocycles. The van der Waals surface area contributed by atoms with Gasteiger partial charge in [-0.2, -0.15) is 13.2 Å². The highest BCUT2D eigenvalue weighted by atomic mass is 19.4. The van der Waals surface area contributed by atoms with Crippen LogP contribution in [0, 0.1) is 5.82 Å². The molecule has 0 radical (unpaired) electrons. The predicted molar refractivity (Wildman–Crippen MR) is 122 cm³/mol. The van der Waals surface area contributed by atoms with E-state index in [1.165, 1.54) is 0 Å². The predicted octanol–water partition coefficient (Wildman–Crippen LogP) is 4.97. The molecule has 6 rings (SSSR count). The second-order valence-electron chi connectivity index (χ2n) is 8.91. The molecule has 190 valence electrons. The maximum atomic E-state index is 13.8. The molecule has 12 heteroatoms. The largest absolute Gasteiger partial charge is 0.487 e. The molecule has 0 saturated heterocycles. The van der Waals surface area contributed by atoms with Gasteiger partial charge in [0.25, 0.3) is 0 Å². The monoisotopic (exact) mass is 514 g/mol. The van der Waals surface area contributed by atoms with Crippen molar-refractivity contribution in [2.75, 3.05) is 10.6 Å². The summed E-state index contributed by atoms with van der Waals surface area (Å²) in [6, 6.07) is 8.18. The summed E-state index contributed by atoms with van der Waals surface area (Å²) in [7, 11) is 0. The van der Waals surface area contributed by atoms with Crippen molar-refractivity contribution in [2.45, 2.75) is 37.1 Å². The summed E-state index contributed by atoms with van der Waals surface area (Å²) < 4.78 is 64.0. The molecule has 3 heterocycles. The molecule has 0 bridgehead atoms. The summed E-state index contributed by atoms with van der Waals surface area (Å²) in [6.45, 7) is 0. The van der Waals surface area contributed by atoms with Gasteiger partial charge in [0, 0.05) is 29.4 Å². The Morgan fingerprint density at radius 2 is 1.97 bits per heavy atom. The SMILES string of the molecule is O=C1CCc2c(Oc3ccc4c(c3)[C@H]3[C@@H](NC(=O)Nc5ccc(C(F)(F)F)c(F)c5)[C@H]3O4)ccnc2N1. The molecule has 3 atom stereocenters. The molecular formula is C25H18F4N4O4. The number of urea groups is 1. The van der Waals surface area contributed by atoms with Crippen molar-refractivity contribution >= 4 is 23.4 Å². The van der Waals surface area contributed by atoms with Crippen molar-refractivity contribution in [2.24, 2.45) is 0 Å². The number of ether oxygens (including phenoxy) is 2. The number of amides is 3. The van der Waals surface area contributed by atoms with Crippen molar-refractivity contribution < 1.29 is 36.6 Å². The van der Waals surface area contributed by atoms with Gasteiger partial charge in [-0.05, 0) is 48.9 Å². The summed E-state index contributed by atoms with van der Waals surface area (Å²) in [6.07, 6.45) is -2.73. The number of nitrogens with zero attached hydrogens (tertiary/aromatic N) is 1. The van der Waals surface area contributed by atoms with Crippen LogP contribution >= 0.6 is 0 Å². The first-order chi connectivity index (χ1) is 17.7. The van der Waals surface area contributed by atoms with Crippen molar-refractivity contribution in [3.63, 3.8) is 0 Å². The van der Waals surface area contributed by atoms with E-state index in [2.05, 4.69) is 20.9 Å². The van der Waals surface area contributed by atoms with E-state index in [0.717, 1.165) is 17.2 Å². The van der Waals surface area contributed by atoms with Gasteiger partial charge in [0.15, 0.2) is 0 Å². The molecule has 0 spiro atoms. The number of nitrogens with one attached hydrogen (secondary N) is 3. The third-order valence-electron chi connectivity index (χ3n) is 6.49. The van der Waals surface area contributed by atoms with E-state index in [0.29, 0.717) is 48.0 Å².